The van der Waals surface area contributed by atoms with Crippen molar-refractivity contribution < 1.29 is 0 Å². The van der Waals surface area contributed by atoms with Crippen LogP contribution in [0.1, 0.15) is 23.2 Å². The molecule has 3 rings (SSSR count). The van der Waals surface area contributed by atoms with E-state index in [0.717, 1.165) is 0 Å². The van der Waals surface area contributed by atoms with Crippen molar-refractivity contribution in [2.75, 3.05) is 7.05 Å². The summed E-state index contributed by atoms with van der Waals surface area (Å²) in [6.07, 6.45) is 0. The van der Waals surface area contributed by atoms with Crippen LogP contribution in [-0.4, -0.2) is 7.05 Å². The second kappa shape index (κ2) is 8.69. The van der Waals surface area contributed by atoms with E-state index in [1.165, 1.54) is 16.0 Å². The number of rotatable bonds is 7. The first-order valence-electron chi connectivity index (χ1n) is 8.13. The van der Waals surface area contributed by atoms with Gasteiger partial charge in [0, 0.05) is 4.90 Å². The number of hydrogen-bond acceptors (Lipinski definition) is 3. The van der Waals surface area contributed by atoms with Crippen molar-refractivity contribution in [2.45, 2.75) is 17.0 Å². The molecule has 2 atom stereocenters. The molecule has 0 aromatic heterocycles. The lowest BCUT2D eigenvalue weighted by Gasteiger charge is -2.28. The summed E-state index contributed by atoms with van der Waals surface area (Å²) < 4.78 is 3.66. The molecule has 0 fully saturated rings. The van der Waals surface area contributed by atoms with Crippen molar-refractivity contribution in [1.29, 1.82) is 0 Å². The second-order valence-corrected chi connectivity index (χ2v) is 6.51. The minimum Gasteiger partial charge on any atom is -0.311 e. The van der Waals surface area contributed by atoms with E-state index in [4.69, 9.17) is 0 Å². The third-order valence-corrected chi connectivity index (χ3v) is 4.89. The van der Waals surface area contributed by atoms with Gasteiger partial charge in [0.1, 0.15) is 0 Å². The molecular weight excluding hydrogens is 312 g/mol. The average Bonchev–Trinajstić information content (AvgIpc) is 2.67. The van der Waals surface area contributed by atoms with E-state index < -0.39 is 0 Å². The first-order valence-corrected chi connectivity index (χ1v) is 8.94. The maximum atomic E-state index is 3.66. The molecule has 0 aliphatic carbocycles. The van der Waals surface area contributed by atoms with Gasteiger partial charge >= 0.3 is 0 Å². The van der Waals surface area contributed by atoms with Gasteiger partial charge in [0.05, 0.1) is 12.1 Å². The zero-order valence-corrected chi connectivity index (χ0v) is 14.5. The van der Waals surface area contributed by atoms with Crippen LogP contribution in [0.3, 0.4) is 0 Å². The van der Waals surface area contributed by atoms with Crippen molar-refractivity contribution in [2.24, 2.45) is 0 Å². The van der Waals surface area contributed by atoms with Crippen LogP contribution in [0.2, 0.25) is 0 Å². The van der Waals surface area contributed by atoms with Gasteiger partial charge < -0.3 is 5.32 Å². The van der Waals surface area contributed by atoms with Gasteiger partial charge in [-0.05, 0) is 42.3 Å². The topological polar surface area (TPSA) is 24.1 Å². The molecule has 0 radical (unpaired) electrons. The zero-order chi connectivity index (χ0) is 16.6. The minimum absolute atomic E-state index is 0.156. The Morgan fingerprint density at radius 2 is 1.08 bits per heavy atom. The Bertz CT molecular complexity index is 717. The molecule has 2 unspecified atom stereocenters. The summed E-state index contributed by atoms with van der Waals surface area (Å²) in [5, 5.41) is 3.48. The summed E-state index contributed by atoms with van der Waals surface area (Å²) in [6, 6.07) is 31.9. The molecule has 0 spiro atoms. The summed E-state index contributed by atoms with van der Waals surface area (Å²) in [4.78, 5) is 1.21. The van der Waals surface area contributed by atoms with Gasteiger partial charge in [-0.15, -0.1) is 0 Å². The largest absolute Gasteiger partial charge is 0.311 e. The minimum atomic E-state index is 0.156. The quantitative estimate of drug-likeness (QED) is 0.596. The molecule has 0 heterocycles. The number of likely N-dealkylation sites (N-methyl/N-ethyl adjacent to an activating group) is 1. The maximum Gasteiger partial charge on any atom is 0.0619 e. The lowest BCUT2D eigenvalue weighted by atomic mass is 9.94. The van der Waals surface area contributed by atoms with Gasteiger partial charge in [0.2, 0.25) is 0 Å². The molecular formula is C21H22N2S. The number of benzene rings is 3. The van der Waals surface area contributed by atoms with Gasteiger partial charge in [-0.2, -0.15) is 0 Å². The van der Waals surface area contributed by atoms with Gasteiger partial charge in [0.25, 0.3) is 0 Å². The fourth-order valence-electron chi connectivity index (χ4n) is 2.80. The van der Waals surface area contributed by atoms with Gasteiger partial charge in [0.15, 0.2) is 0 Å². The summed E-state index contributed by atoms with van der Waals surface area (Å²) in [5.74, 6) is 0. The third kappa shape index (κ3) is 4.26. The first-order chi connectivity index (χ1) is 11.9. The van der Waals surface area contributed by atoms with Crippen LogP contribution in [0.5, 0.6) is 0 Å². The molecule has 122 valence electrons. The van der Waals surface area contributed by atoms with Crippen molar-refractivity contribution in [1.82, 2.24) is 10.0 Å². The second-order valence-electron chi connectivity index (χ2n) is 5.60. The smallest absolute Gasteiger partial charge is 0.0619 e. The molecule has 0 bridgehead atoms. The maximum absolute atomic E-state index is 3.66. The van der Waals surface area contributed by atoms with Gasteiger partial charge in [-0.25, -0.2) is 0 Å². The van der Waals surface area contributed by atoms with Crippen LogP contribution in [-0.2, 0) is 0 Å². The van der Waals surface area contributed by atoms with Crippen LogP contribution in [0, 0.1) is 0 Å². The SMILES string of the molecule is CNC(c1ccccc1)C(NSc1ccccc1)c1ccccc1. The molecule has 0 saturated heterocycles. The third-order valence-electron chi connectivity index (χ3n) is 4.01. The molecule has 2 N–H and O–H groups in total. The van der Waals surface area contributed by atoms with Crippen LogP contribution in [0.4, 0.5) is 0 Å². The first kappa shape index (κ1) is 16.8. The van der Waals surface area contributed by atoms with E-state index in [-0.39, 0.29) is 12.1 Å². The molecule has 3 aromatic carbocycles. The number of hydrogen-bond donors (Lipinski definition) is 2. The number of nitrogens with one attached hydrogen (secondary N) is 2. The average molecular weight is 334 g/mol. The van der Waals surface area contributed by atoms with E-state index >= 15 is 0 Å². The van der Waals surface area contributed by atoms with Gasteiger partial charge in [-0.3, -0.25) is 4.72 Å². The van der Waals surface area contributed by atoms with Crippen molar-refractivity contribution in [3.8, 4) is 0 Å². The van der Waals surface area contributed by atoms with Crippen LogP contribution in [0.25, 0.3) is 0 Å². The fourth-order valence-corrected chi connectivity index (χ4v) is 3.62. The Balaban J connectivity index is 1.86. The van der Waals surface area contributed by atoms with E-state index in [0.29, 0.717) is 0 Å². The highest BCUT2D eigenvalue weighted by atomic mass is 32.2. The standard InChI is InChI=1S/C21H22N2S/c1-22-20(17-11-5-2-6-12-17)21(18-13-7-3-8-14-18)23-24-19-15-9-4-10-16-19/h2-16,20-23H,1H3. The van der Waals surface area contributed by atoms with Crippen molar-refractivity contribution >= 4 is 11.9 Å². The highest BCUT2D eigenvalue weighted by Crippen LogP contribution is 2.31. The van der Waals surface area contributed by atoms with Crippen molar-refractivity contribution in [3.63, 3.8) is 0 Å². The monoisotopic (exact) mass is 334 g/mol. The predicted molar refractivity (Wildman–Crippen MR) is 103 cm³/mol. The molecule has 0 amide bonds. The highest BCUT2D eigenvalue weighted by Gasteiger charge is 2.23. The Morgan fingerprint density at radius 1 is 0.625 bits per heavy atom. The lowest BCUT2D eigenvalue weighted by Crippen LogP contribution is -2.30. The molecule has 2 nitrogen and oxygen atoms in total. The Kier molecular flexibility index (Phi) is 6.07. The van der Waals surface area contributed by atoms with Crippen LogP contribution < -0.4 is 10.0 Å². The highest BCUT2D eigenvalue weighted by molar-refractivity contribution is 7.97. The molecule has 0 aliphatic heterocycles. The van der Waals surface area contributed by atoms with E-state index in [1.54, 1.807) is 11.9 Å². The van der Waals surface area contributed by atoms with Crippen LogP contribution >= 0.6 is 11.9 Å². The molecule has 0 aliphatic rings. The molecule has 0 saturated carbocycles. The summed E-state index contributed by atoms with van der Waals surface area (Å²) in [5.41, 5.74) is 2.54. The van der Waals surface area contributed by atoms with Crippen molar-refractivity contribution in [3.05, 3.63) is 102 Å². The predicted octanol–water partition coefficient (Wildman–Crippen LogP) is 4.99. The fraction of sp³-hybridized carbons (Fsp3) is 0.143. The van der Waals surface area contributed by atoms with Crippen LogP contribution in [0.15, 0.2) is 95.9 Å². The van der Waals surface area contributed by atoms with E-state index in [9.17, 15) is 0 Å². The molecule has 24 heavy (non-hydrogen) atoms. The Hall–Kier alpha value is -2.07. The molecule has 3 aromatic rings. The summed E-state index contributed by atoms with van der Waals surface area (Å²) in [7, 11) is 2.02. The normalized spacial score (nSPS) is 13.4. The summed E-state index contributed by atoms with van der Waals surface area (Å²) in [6.45, 7) is 0. The van der Waals surface area contributed by atoms with Gasteiger partial charge in [-0.1, -0.05) is 78.9 Å². The lowest BCUT2D eigenvalue weighted by molar-refractivity contribution is 0.469. The molecule has 3 heteroatoms. The Morgan fingerprint density at radius 3 is 1.58 bits per heavy atom. The zero-order valence-electron chi connectivity index (χ0n) is 13.7. The summed E-state index contributed by atoms with van der Waals surface area (Å²) >= 11 is 1.67. The van der Waals surface area contributed by atoms with E-state index in [1.807, 2.05) is 13.1 Å². The Labute approximate surface area is 148 Å². The van der Waals surface area contributed by atoms with E-state index in [2.05, 4.69) is 95.0 Å².